The number of ether oxygens (including phenoxy) is 1. The van der Waals surface area contributed by atoms with Crippen LogP contribution in [0, 0.1) is 11.3 Å². The van der Waals surface area contributed by atoms with Crippen molar-refractivity contribution in [1.29, 1.82) is 0 Å². The van der Waals surface area contributed by atoms with E-state index in [0.717, 1.165) is 32.4 Å². The van der Waals surface area contributed by atoms with Gasteiger partial charge < -0.3 is 20.7 Å². The lowest BCUT2D eigenvalue weighted by Crippen LogP contribution is -2.31. The number of hydrogen-bond donors (Lipinski definition) is 3. The lowest BCUT2D eigenvalue weighted by Gasteiger charge is -2.23. The van der Waals surface area contributed by atoms with Crippen molar-refractivity contribution in [2.75, 3.05) is 30.8 Å². The molecule has 1 spiro atoms. The van der Waals surface area contributed by atoms with Gasteiger partial charge >= 0.3 is 0 Å². The Kier molecular flexibility index (Phi) is 4.26. The molecular formula is C17H23N3O3. The van der Waals surface area contributed by atoms with Gasteiger partial charge in [-0.1, -0.05) is 0 Å². The number of carbonyl (C=O) groups is 2. The van der Waals surface area contributed by atoms with Crippen LogP contribution >= 0.6 is 0 Å². The normalized spacial score (nSPS) is 21.6. The first-order valence-electron chi connectivity index (χ1n) is 8.01. The highest BCUT2D eigenvalue weighted by Gasteiger charge is 2.57. The summed E-state index contributed by atoms with van der Waals surface area (Å²) in [4.78, 5) is 23.8. The highest BCUT2D eigenvalue weighted by atomic mass is 16.5. The highest BCUT2D eigenvalue weighted by Crippen LogP contribution is 2.58. The molecular weight excluding hydrogens is 294 g/mol. The van der Waals surface area contributed by atoms with Crippen LogP contribution < -0.4 is 20.7 Å². The smallest absolute Gasteiger partial charge is 0.228 e. The molecule has 1 aromatic carbocycles. The quantitative estimate of drug-likeness (QED) is 0.793. The van der Waals surface area contributed by atoms with Crippen LogP contribution in [-0.2, 0) is 9.59 Å². The van der Waals surface area contributed by atoms with Crippen LogP contribution in [0.3, 0.4) is 0 Å². The summed E-state index contributed by atoms with van der Waals surface area (Å²) in [6.45, 7) is 3.43. The molecule has 1 aromatic rings. The minimum absolute atomic E-state index is 0.0465. The van der Waals surface area contributed by atoms with E-state index in [1.54, 1.807) is 25.3 Å². The van der Waals surface area contributed by atoms with E-state index in [1.807, 2.05) is 0 Å². The van der Waals surface area contributed by atoms with E-state index in [-0.39, 0.29) is 23.1 Å². The third-order valence-corrected chi connectivity index (χ3v) is 4.88. The molecule has 1 saturated carbocycles. The Bertz CT molecular complexity index is 624. The fourth-order valence-electron chi connectivity index (χ4n) is 3.50. The Morgan fingerprint density at radius 2 is 2.00 bits per heavy atom. The second-order valence-electron chi connectivity index (χ2n) is 6.45. The van der Waals surface area contributed by atoms with Gasteiger partial charge in [0.15, 0.2) is 0 Å². The van der Waals surface area contributed by atoms with Gasteiger partial charge in [-0.25, -0.2) is 0 Å². The molecule has 1 saturated heterocycles. The lowest BCUT2D eigenvalue weighted by molar-refractivity contribution is -0.118. The van der Waals surface area contributed by atoms with E-state index in [9.17, 15) is 9.59 Å². The van der Waals surface area contributed by atoms with E-state index < -0.39 is 0 Å². The average molecular weight is 317 g/mol. The molecule has 0 bridgehead atoms. The third kappa shape index (κ3) is 3.32. The molecule has 3 N–H and O–H groups in total. The molecule has 1 heterocycles. The van der Waals surface area contributed by atoms with E-state index in [0.29, 0.717) is 17.1 Å². The Hall–Kier alpha value is -2.08. The van der Waals surface area contributed by atoms with Gasteiger partial charge in [-0.15, -0.1) is 0 Å². The van der Waals surface area contributed by atoms with Crippen LogP contribution in [0.2, 0.25) is 0 Å². The van der Waals surface area contributed by atoms with Crippen molar-refractivity contribution in [3.63, 3.8) is 0 Å². The average Bonchev–Trinajstić information content (AvgIpc) is 3.21. The van der Waals surface area contributed by atoms with Gasteiger partial charge in [0, 0.05) is 18.5 Å². The maximum atomic E-state index is 12.6. The SMILES string of the molecule is COc1ccc(NC(C)=O)cc1NC(=O)C1CC12CCNCC2. The fraction of sp³-hybridized carbons (Fsp3) is 0.529. The first kappa shape index (κ1) is 15.8. The Balaban J connectivity index is 1.71. The van der Waals surface area contributed by atoms with Crippen molar-refractivity contribution in [1.82, 2.24) is 5.32 Å². The van der Waals surface area contributed by atoms with Gasteiger partial charge in [0.2, 0.25) is 11.8 Å². The molecule has 2 amide bonds. The van der Waals surface area contributed by atoms with Gasteiger partial charge in [0.05, 0.1) is 12.8 Å². The zero-order chi connectivity index (χ0) is 16.4. The number of benzene rings is 1. The summed E-state index contributed by atoms with van der Waals surface area (Å²) < 4.78 is 5.31. The summed E-state index contributed by atoms with van der Waals surface area (Å²) in [5.74, 6) is 0.569. The van der Waals surface area contributed by atoms with Crippen LogP contribution in [0.25, 0.3) is 0 Å². The number of anilines is 2. The zero-order valence-corrected chi connectivity index (χ0v) is 13.6. The van der Waals surface area contributed by atoms with Crippen molar-refractivity contribution in [3.8, 4) is 5.75 Å². The molecule has 1 aliphatic carbocycles. The van der Waals surface area contributed by atoms with Crippen LogP contribution in [0.4, 0.5) is 11.4 Å². The van der Waals surface area contributed by atoms with E-state index in [2.05, 4.69) is 16.0 Å². The van der Waals surface area contributed by atoms with Crippen LogP contribution in [0.5, 0.6) is 5.75 Å². The summed E-state index contributed by atoms with van der Waals surface area (Å²) in [6.07, 6.45) is 3.09. The summed E-state index contributed by atoms with van der Waals surface area (Å²) in [7, 11) is 1.56. The highest BCUT2D eigenvalue weighted by molar-refractivity contribution is 5.97. The standard InChI is InChI=1S/C17H23N3O3/c1-11(21)19-12-3-4-15(23-2)14(9-12)20-16(22)13-10-17(13)5-7-18-8-6-17/h3-4,9,13,18H,5-8,10H2,1-2H3,(H,19,21)(H,20,22). The topological polar surface area (TPSA) is 79.5 Å². The number of rotatable bonds is 4. The van der Waals surface area contributed by atoms with Gasteiger partial charge in [0.1, 0.15) is 5.75 Å². The summed E-state index contributed by atoms with van der Waals surface area (Å²) in [5, 5.41) is 9.03. The summed E-state index contributed by atoms with van der Waals surface area (Å²) >= 11 is 0. The number of methoxy groups -OCH3 is 1. The number of nitrogens with one attached hydrogen (secondary N) is 3. The minimum atomic E-state index is -0.150. The van der Waals surface area contributed by atoms with Crippen molar-refractivity contribution in [3.05, 3.63) is 18.2 Å². The van der Waals surface area contributed by atoms with Gasteiger partial charge in [-0.2, -0.15) is 0 Å². The molecule has 124 valence electrons. The molecule has 3 rings (SSSR count). The van der Waals surface area contributed by atoms with Crippen molar-refractivity contribution in [2.24, 2.45) is 11.3 Å². The zero-order valence-electron chi connectivity index (χ0n) is 13.6. The number of carbonyl (C=O) groups excluding carboxylic acids is 2. The van der Waals surface area contributed by atoms with E-state index >= 15 is 0 Å². The Morgan fingerprint density at radius 1 is 1.26 bits per heavy atom. The van der Waals surface area contributed by atoms with Gasteiger partial charge in [-0.3, -0.25) is 9.59 Å². The first-order valence-corrected chi connectivity index (χ1v) is 8.01. The van der Waals surface area contributed by atoms with Gasteiger partial charge in [0.25, 0.3) is 0 Å². The monoisotopic (exact) mass is 317 g/mol. The van der Waals surface area contributed by atoms with Crippen LogP contribution in [0.15, 0.2) is 18.2 Å². The number of amides is 2. The maximum Gasteiger partial charge on any atom is 0.228 e. The molecule has 23 heavy (non-hydrogen) atoms. The molecule has 0 aromatic heterocycles. The van der Waals surface area contributed by atoms with Crippen LogP contribution in [0.1, 0.15) is 26.2 Å². The number of piperidine rings is 1. The predicted octanol–water partition coefficient (Wildman–Crippen LogP) is 1.98. The second-order valence-corrected chi connectivity index (χ2v) is 6.45. The number of hydrogen-bond acceptors (Lipinski definition) is 4. The van der Waals surface area contributed by atoms with E-state index in [1.165, 1.54) is 6.92 Å². The molecule has 2 fully saturated rings. The van der Waals surface area contributed by atoms with Crippen molar-refractivity contribution < 1.29 is 14.3 Å². The minimum Gasteiger partial charge on any atom is -0.495 e. The fourth-order valence-corrected chi connectivity index (χ4v) is 3.50. The van der Waals surface area contributed by atoms with Crippen molar-refractivity contribution in [2.45, 2.75) is 26.2 Å². The molecule has 1 aliphatic heterocycles. The summed E-state index contributed by atoms with van der Waals surface area (Å²) in [5.41, 5.74) is 1.43. The second kappa shape index (κ2) is 6.20. The molecule has 0 radical (unpaired) electrons. The first-order chi connectivity index (χ1) is 11.0. The molecule has 1 unspecified atom stereocenters. The Labute approximate surface area is 136 Å². The molecule has 6 nitrogen and oxygen atoms in total. The largest absolute Gasteiger partial charge is 0.495 e. The van der Waals surface area contributed by atoms with E-state index in [4.69, 9.17) is 4.74 Å². The molecule has 6 heteroatoms. The predicted molar refractivity (Wildman–Crippen MR) is 88.6 cm³/mol. The maximum absolute atomic E-state index is 12.6. The lowest BCUT2D eigenvalue weighted by atomic mass is 9.92. The summed E-state index contributed by atoms with van der Waals surface area (Å²) in [6, 6.07) is 5.23. The third-order valence-electron chi connectivity index (χ3n) is 4.88. The molecule has 2 aliphatic rings. The van der Waals surface area contributed by atoms with Gasteiger partial charge in [-0.05, 0) is 56.0 Å². The molecule has 1 atom stereocenters. The van der Waals surface area contributed by atoms with Crippen molar-refractivity contribution >= 4 is 23.2 Å². The Morgan fingerprint density at radius 3 is 2.65 bits per heavy atom. The van der Waals surface area contributed by atoms with Crippen LogP contribution in [-0.4, -0.2) is 32.0 Å².